The average Bonchev–Trinajstić information content (AvgIpc) is 2.75. The molecule has 1 aliphatic heterocycles. The van der Waals surface area contributed by atoms with Gasteiger partial charge in [0.1, 0.15) is 0 Å². The van der Waals surface area contributed by atoms with E-state index in [4.69, 9.17) is 0 Å². The van der Waals surface area contributed by atoms with Crippen LogP contribution in [-0.2, 0) is 9.59 Å². The lowest BCUT2D eigenvalue weighted by molar-refractivity contribution is -0.132. The third-order valence-electron chi connectivity index (χ3n) is 3.17. The number of carbonyl (C=O) groups excluding carboxylic acids is 2. The lowest BCUT2D eigenvalue weighted by Crippen LogP contribution is -2.39. The maximum atomic E-state index is 11.8. The summed E-state index contributed by atoms with van der Waals surface area (Å²) in [5.41, 5.74) is 0. The molecule has 17 heavy (non-hydrogen) atoms. The van der Waals surface area contributed by atoms with Gasteiger partial charge in [-0.1, -0.05) is 6.92 Å². The quantitative estimate of drug-likeness (QED) is 0.720. The normalized spacial score (nSPS) is 21.4. The number of hydrogen-bond donors (Lipinski definition) is 2. The highest BCUT2D eigenvalue weighted by atomic mass is 16.3. The van der Waals surface area contributed by atoms with E-state index in [9.17, 15) is 14.7 Å². The number of hydrogen-bond acceptors (Lipinski definition) is 3. The molecule has 5 heteroatoms. The number of carbonyl (C=O) groups is 2. The van der Waals surface area contributed by atoms with Crippen LogP contribution >= 0.6 is 0 Å². The number of amides is 2. The fourth-order valence-corrected chi connectivity index (χ4v) is 2.01. The van der Waals surface area contributed by atoms with Crippen molar-refractivity contribution in [3.8, 4) is 0 Å². The van der Waals surface area contributed by atoms with Gasteiger partial charge in [0.05, 0.1) is 12.6 Å². The van der Waals surface area contributed by atoms with E-state index in [2.05, 4.69) is 5.32 Å². The van der Waals surface area contributed by atoms with Crippen LogP contribution in [0.1, 0.15) is 33.1 Å². The molecule has 1 aliphatic rings. The zero-order valence-electron chi connectivity index (χ0n) is 10.6. The van der Waals surface area contributed by atoms with Crippen LogP contribution in [0.4, 0.5) is 0 Å². The second-order valence-electron chi connectivity index (χ2n) is 4.66. The molecule has 2 N–H and O–H groups in total. The molecule has 2 atom stereocenters. The lowest BCUT2D eigenvalue weighted by Gasteiger charge is -2.17. The van der Waals surface area contributed by atoms with E-state index in [-0.39, 0.29) is 30.4 Å². The standard InChI is InChI=1S/C12H22N2O3/c1-3-4-11(16)13-7-12(17)14-6-5-10(8-14)9(2)15/h9-10,15H,3-8H2,1-2H3,(H,13,16). The maximum Gasteiger partial charge on any atom is 0.241 e. The summed E-state index contributed by atoms with van der Waals surface area (Å²) in [6.45, 7) is 5.03. The number of likely N-dealkylation sites (tertiary alicyclic amines) is 1. The largest absolute Gasteiger partial charge is 0.393 e. The summed E-state index contributed by atoms with van der Waals surface area (Å²) < 4.78 is 0. The molecular formula is C12H22N2O3. The number of nitrogens with zero attached hydrogens (tertiary/aromatic N) is 1. The van der Waals surface area contributed by atoms with Crippen molar-refractivity contribution >= 4 is 11.8 Å². The maximum absolute atomic E-state index is 11.8. The first-order valence-electron chi connectivity index (χ1n) is 6.27. The van der Waals surface area contributed by atoms with Crippen molar-refractivity contribution in [2.24, 2.45) is 5.92 Å². The Hall–Kier alpha value is -1.10. The smallest absolute Gasteiger partial charge is 0.241 e. The number of rotatable bonds is 5. The molecule has 1 saturated heterocycles. The monoisotopic (exact) mass is 242 g/mol. The summed E-state index contributed by atoms with van der Waals surface area (Å²) >= 11 is 0. The van der Waals surface area contributed by atoms with E-state index in [1.54, 1.807) is 11.8 Å². The van der Waals surface area contributed by atoms with E-state index in [0.717, 1.165) is 12.8 Å². The molecule has 0 aromatic rings. The van der Waals surface area contributed by atoms with Crippen molar-refractivity contribution < 1.29 is 14.7 Å². The van der Waals surface area contributed by atoms with Crippen LogP contribution in [0.2, 0.25) is 0 Å². The molecule has 0 saturated carbocycles. The minimum absolute atomic E-state index is 0.0578. The predicted molar refractivity (Wildman–Crippen MR) is 64.3 cm³/mol. The molecule has 5 nitrogen and oxygen atoms in total. The van der Waals surface area contributed by atoms with E-state index in [1.807, 2.05) is 6.92 Å². The van der Waals surface area contributed by atoms with Crippen molar-refractivity contribution in [1.29, 1.82) is 0 Å². The SMILES string of the molecule is CCCC(=O)NCC(=O)N1CCC(C(C)O)C1. The van der Waals surface area contributed by atoms with Gasteiger partial charge < -0.3 is 15.3 Å². The van der Waals surface area contributed by atoms with E-state index in [0.29, 0.717) is 19.5 Å². The van der Waals surface area contributed by atoms with E-state index in [1.165, 1.54) is 0 Å². The van der Waals surface area contributed by atoms with E-state index < -0.39 is 0 Å². The molecule has 0 bridgehead atoms. The number of aliphatic hydroxyl groups is 1. The first-order chi connectivity index (χ1) is 8.04. The van der Waals surface area contributed by atoms with Gasteiger partial charge >= 0.3 is 0 Å². The Kier molecular flexibility index (Phi) is 5.41. The van der Waals surface area contributed by atoms with Crippen LogP contribution in [0.25, 0.3) is 0 Å². The summed E-state index contributed by atoms with van der Waals surface area (Å²) in [4.78, 5) is 24.7. The second-order valence-corrected chi connectivity index (χ2v) is 4.66. The van der Waals surface area contributed by atoms with Crippen molar-refractivity contribution in [2.75, 3.05) is 19.6 Å². The van der Waals surface area contributed by atoms with Gasteiger partial charge in [-0.3, -0.25) is 9.59 Å². The highest BCUT2D eigenvalue weighted by Gasteiger charge is 2.28. The molecule has 2 amide bonds. The fraction of sp³-hybridized carbons (Fsp3) is 0.833. The van der Waals surface area contributed by atoms with Crippen LogP contribution in [0.3, 0.4) is 0 Å². The molecule has 98 valence electrons. The van der Waals surface area contributed by atoms with Crippen LogP contribution in [0.15, 0.2) is 0 Å². The molecule has 0 aromatic carbocycles. The lowest BCUT2D eigenvalue weighted by atomic mass is 10.0. The molecule has 0 aromatic heterocycles. The van der Waals surface area contributed by atoms with Gasteiger partial charge in [-0.25, -0.2) is 0 Å². The van der Waals surface area contributed by atoms with Crippen molar-refractivity contribution in [3.05, 3.63) is 0 Å². The number of aliphatic hydroxyl groups excluding tert-OH is 1. The van der Waals surface area contributed by atoms with Gasteiger partial charge in [0.2, 0.25) is 11.8 Å². The Morgan fingerprint density at radius 1 is 1.53 bits per heavy atom. The highest BCUT2D eigenvalue weighted by molar-refractivity contribution is 5.84. The molecule has 1 fully saturated rings. The topological polar surface area (TPSA) is 69.6 Å². The molecule has 2 unspecified atom stereocenters. The minimum Gasteiger partial charge on any atom is -0.393 e. The third-order valence-corrected chi connectivity index (χ3v) is 3.17. The predicted octanol–water partition coefficient (Wildman–Crippen LogP) is 0.132. The van der Waals surface area contributed by atoms with Crippen LogP contribution in [-0.4, -0.2) is 47.6 Å². The summed E-state index contributed by atoms with van der Waals surface area (Å²) in [6.07, 6.45) is 1.71. The van der Waals surface area contributed by atoms with Gasteiger partial charge in [-0.05, 0) is 19.8 Å². The molecule has 0 radical (unpaired) electrons. The molecule has 0 aliphatic carbocycles. The Bertz CT molecular complexity index is 279. The first kappa shape index (κ1) is 14.0. The summed E-state index contributed by atoms with van der Waals surface area (Å²) in [5.74, 6) is 0.0371. The molecule has 1 rings (SSSR count). The molecule has 1 heterocycles. The van der Waals surface area contributed by atoms with Crippen molar-refractivity contribution in [2.45, 2.75) is 39.2 Å². The van der Waals surface area contributed by atoms with Gasteiger partial charge in [0, 0.05) is 25.4 Å². The van der Waals surface area contributed by atoms with Gasteiger partial charge in [0.15, 0.2) is 0 Å². The third kappa shape index (κ3) is 4.34. The Morgan fingerprint density at radius 2 is 2.24 bits per heavy atom. The van der Waals surface area contributed by atoms with Crippen LogP contribution in [0.5, 0.6) is 0 Å². The Balaban J connectivity index is 2.27. The van der Waals surface area contributed by atoms with Crippen molar-refractivity contribution in [3.63, 3.8) is 0 Å². The summed E-state index contributed by atoms with van der Waals surface area (Å²) in [6, 6.07) is 0. The number of nitrogens with one attached hydrogen (secondary N) is 1. The zero-order valence-corrected chi connectivity index (χ0v) is 10.6. The van der Waals surface area contributed by atoms with Gasteiger partial charge in [-0.2, -0.15) is 0 Å². The Morgan fingerprint density at radius 3 is 2.76 bits per heavy atom. The van der Waals surface area contributed by atoms with Crippen LogP contribution < -0.4 is 5.32 Å². The second kappa shape index (κ2) is 6.59. The molecular weight excluding hydrogens is 220 g/mol. The highest BCUT2D eigenvalue weighted by Crippen LogP contribution is 2.19. The summed E-state index contributed by atoms with van der Waals surface area (Å²) in [7, 11) is 0. The first-order valence-corrected chi connectivity index (χ1v) is 6.27. The summed E-state index contributed by atoms with van der Waals surface area (Å²) in [5, 5.41) is 12.0. The minimum atomic E-state index is -0.373. The van der Waals surface area contributed by atoms with Gasteiger partial charge in [-0.15, -0.1) is 0 Å². The van der Waals surface area contributed by atoms with E-state index >= 15 is 0 Å². The fourth-order valence-electron chi connectivity index (χ4n) is 2.01. The molecule has 0 spiro atoms. The van der Waals surface area contributed by atoms with Crippen molar-refractivity contribution in [1.82, 2.24) is 10.2 Å². The van der Waals surface area contributed by atoms with Crippen LogP contribution in [0, 0.1) is 5.92 Å². The Labute approximate surface area is 102 Å². The van der Waals surface area contributed by atoms with Gasteiger partial charge in [0.25, 0.3) is 0 Å². The average molecular weight is 242 g/mol. The zero-order chi connectivity index (χ0) is 12.8.